The first-order valence-corrected chi connectivity index (χ1v) is 6.44. The number of hydrogen-bond donors (Lipinski definition) is 2. The van der Waals surface area contributed by atoms with E-state index in [2.05, 4.69) is 12.2 Å². The van der Waals surface area contributed by atoms with Crippen molar-refractivity contribution < 1.29 is 14.6 Å². The fourth-order valence-electron chi connectivity index (χ4n) is 2.43. The van der Waals surface area contributed by atoms with Crippen LogP contribution in [0.2, 0.25) is 0 Å². The molecule has 4 heteroatoms. The minimum Gasteiger partial charge on any atom is -0.444 e. The number of aliphatic hydroxyl groups excluding tert-OH is 1. The van der Waals surface area contributed by atoms with E-state index in [0.29, 0.717) is 5.92 Å². The fourth-order valence-corrected chi connectivity index (χ4v) is 2.43. The molecule has 0 aliphatic heterocycles. The first-order valence-electron chi connectivity index (χ1n) is 6.44. The number of carbonyl (C=O) groups excluding carboxylic acids is 1. The van der Waals surface area contributed by atoms with Crippen LogP contribution in [-0.4, -0.2) is 29.4 Å². The maximum atomic E-state index is 11.7. The summed E-state index contributed by atoms with van der Waals surface area (Å²) in [6, 6.07) is 0.0404. The summed E-state index contributed by atoms with van der Waals surface area (Å²) in [6.07, 6.45) is 2.76. The maximum absolute atomic E-state index is 11.7. The largest absolute Gasteiger partial charge is 0.444 e. The van der Waals surface area contributed by atoms with Gasteiger partial charge in [0.25, 0.3) is 0 Å². The summed E-state index contributed by atoms with van der Waals surface area (Å²) >= 11 is 0. The van der Waals surface area contributed by atoms with Gasteiger partial charge in [-0.15, -0.1) is 0 Å². The molecule has 0 bridgehead atoms. The molecule has 0 radical (unpaired) electrons. The maximum Gasteiger partial charge on any atom is 0.407 e. The summed E-state index contributed by atoms with van der Waals surface area (Å²) in [4.78, 5) is 11.7. The Morgan fingerprint density at radius 2 is 2.06 bits per heavy atom. The highest BCUT2D eigenvalue weighted by Crippen LogP contribution is 2.29. The number of rotatable bonds is 2. The number of carbonyl (C=O) groups is 1. The van der Waals surface area contributed by atoms with Crippen LogP contribution in [0.25, 0.3) is 0 Å². The molecule has 0 aromatic rings. The van der Waals surface area contributed by atoms with Crippen LogP contribution < -0.4 is 5.32 Å². The highest BCUT2D eigenvalue weighted by molar-refractivity contribution is 5.68. The molecule has 1 aliphatic carbocycles. The van der Waals surface area contributed by atoms with Gasteiger partial charge in [0.1, 0.15) is 5.60 Å². The Morgan fingerprint density at radius 3 is 2.59 bits per heavy atom. The number of hydrogen-bond acceptors (Lipinski definition) is 3. The second-order valence-electron chi connectivity index (χ2n) is 6.01. The summed E-state index contributed by atoms with van der Waals surface area (Å²) in [5.74, 6) is 0.602. The Morgan fingerprint density at radius 1 is 1.41 bits per heavy atom. The second kappa shape index (κ2) is 5.71. The van der Waals surface area contributed by atoms with Crippen molar-refractivity contribution in [2.75, 3.05) is 6.61 Å². The number of aliphatic hydroxyl groups is 1. The molecule has 3 atom stereocenters. The van der Waals surface area contributed by atoms with E-state index in [0.717, 1.165) is 19.3 Å². The zero-order chi connectivity index (χ0) is 13.1. The van der Waals surface area contributed by atoms with Gasteiger partial charge < -0.3 is 15.2 Å². The van der Waals surface area contributed by atoms with Crippen LogP contribution in [0.3, 0.4) is 0 Å². The second-order valence-corrected chi connectivity index (χ2v) is 6.01. The summed E-state index contributed by atoms with van der Waals surface area (Å²) in [5.41, 5.74) is -0.473. The Hall–Kier alpha value is -0.770. The van der Waals surface area contributed by atoms with Crippen LogP contribution in [0.1, 0.15) is 47.0 Å². The Balaban J connectivity index is 2.51. The molecule has 0 aromatic heterocycles. The van der Waals surface area contributed by atoms with Gasteiger partial charge in [0, 0.05) is 18.6 Å². The van der Waals surface area contributed by atoms with Gasteiger partial charge in [-0.1, -0.05) is 19.8 Å². The van der Waals surface area contributed by atoms with Crippen LogP contribution >= 0.6 is 0 Å². The molecule has 3 unspecified atom stereocenters. The lowest BCUT2D eigenvalue weighted by Crippen LogP contribution is -2.47. The van der Waals surface area contributed by atoms with Gasteiger partial charge >= 0.3 is 6.09 Å². The molecule has 0 heterocycles. The molecule has 0 saturated heterocycles. The van der Waals surface area contributed by atoms with Crippen molar-refractivity contribution in [2.45, 2.75) is 58.6 Å². The average molecular weight is 243 g/mol. The van der Waals surface area contributed by atoms with Crippen LogP contribution in [0.15, 0.2) is 0 Å². The van der Waals surface area contributed by atoms with Crippen molar-refractivity contribution in [3.63, 3.8) is 0 Å². The van der Waals surface area contributed by atoms with E-state index in [1.54, 1.807) is 0 Å². The normalized spacial score (nSPS) is 29.8. The molecule has 1 fully saturated rings. The van der Waals surface area contributed by atoms with Gasteiger partial charge in [-0.25, -0.2) is 4.79 Å². The molecule has 17 heavy (non-hydrogen) atoms. The smallest absolute Gasteiger partial charge is 0.407 e. The molecule has 100 valence electrons. The Kier molecular flexibility index (Phi) is 4.80. The lowest BCUT2D eigenvalue weighted by molar-refractivity contribution is 0.0404. The standard InChI is InChI=1S/C13H25NO3/c1-9-6-5-7-11(10(9)8-15)14-12(16)17-13(2,3)4/h9-11,15H,5-8H2,1-4H3,(H,14,16). The third-order valence-corrected chi connectivity index (χ3v) is 3.34. The van der Waals surface area contributed by atoms with E-state index < -0.39 is 5.60 Å². The van der Waals surface area contributed by atoms with Gasteiger partial charge in [0.05, 0.1) is 0 Å². The Labute approximate surface area is 104 Å². The zero-order valence-electron chi connectivity index (χ0n) is 11.3. The van der Waals surface area contributed by atoms with E-state index in [4.69, 9.17) is 4.74 Å². The topological polar surface area (TPSA) is 58.6 Å². The van der Waals surface area contributed by atoms with Crippen molar-refractivity contribution in [3.8, 4) is 0 Å². The molecule has 1 saturated carbocycles. The molecule has 4 nitrogen and oxygen atoms in total. The van der Waals surface area contributed by atoms with Crippen molar-refractivity contribution in [2.24, 2.45) is 11.8 Å². The summed E-state index contributed by atoms with van der Waals surface area (Å²) in [6.45, 7) is 7.80. The summed E-state index contributed by atoms with van der Waals surface area (Å²) in [5, 5.41) is 12.3. The van der Waals surface area contributed by atoms with Crippen molar-refractivity contribution in [3.05, 3.63) is 0 Å². The number of nitrogens with one attached hydrogen (secondary N) is 1. The molecule has 1 amide bonds. The lowest BCUT2D eigenvalue weighted by Gasteiger charge is -2.36. The number of amides is 1. The molecule has 1 rings (SSSR count). The monoisotopic (exact) mass is 243 g/mol. The highest BCUT2D eigenvalue weighted by Gasteiger charge is 2.32. The van der Waals surface area contributed by atoms with Crippen LogP contribution in [0.5, 0.6) is 0 Å². The van der Waals surface area contributed by atoms with Gasteiger partial charge in [0.2, 0.25) is 0 Å². The number of ether oxygens (including phenoxy) is 1. The predicted molar refractivity (Wildman–Crippen MR) is 66.7 cm³/mol. The van der Waals surface area contributed by atoms with Gasteiger partial charge in [-0.3, -0.25) is 0 Å². The fraction of sp³-hybridized carbons (Fsp3) is 0.923. The molecular formula is C13H25NO3. The quantitative estimate of drug-likeness (QED) is 0.782. The van der Waals surface area contributed by atoms with E-state index >= 15 is 0 Å². The average Bonchev–Trinajstić information content (AvgIpc) is 2.14. The number of alkyl carbamates (subject to hydrolysis) is 1. The summed E-state index contributed by atoms with van der Waals surface area (Å²) in [7, 11) is 0. The lowest BCUT2D eigenvalue weighted by atomic mass is 9.77. The van der Waals surface area contributed by atoms with E-state index in [-0.39, 0.29) is 24.7 Å². The molecule has 0 spiro atoms. The van der Waals surface area contributed by atoms with Crippen molar-refractivity contribution in [1.82, 2.24) is 5.32 Å². The highest BCUT2D eigenvalue weighted by atomic mass is 16.6. The Bertz CT molecular complexity index is 260. The summed E-state index contributed by atoms with van der Waals surface area (Å²) < 4.78 is 5.24. The van der Waals surface area contributed by atoms with Crippen LogP contribution in [-0.2, 0) is 4.74 Å². The minimum atomic E-state index is -0.473. The zero-order valence-corrected chi connectivity index (χ0v) is 11.3. The van der Waals surface area contributed by atoms with E-state index in [9.17, 15) is 9.90 Å². The molecule has 0 aromatic carbocycles. The SMILES string of the molecule is CC1CCCC(NC(=O)OC(C)(C)C)C1CO. The third kappa shape index (κ3) is 4.54. The molecular weight excluding hydrogens is 218 g/mol. The van der Waals surface area contributed by atoms with Gasteiger partial charge in [0.15, 0.2) is 0 Å². The van der Waals surface area contributed by atoms with Gasteiger partial charge in [-0.05, 0) is 33.1 Å². The van der Waals surface area contributed by atoms with E-state index in [1.807, 2.05) is 20.8 Å². The first-order chi connectivity index (χ1) is 7.83. The molecule has 2 N–H and O–H groups in total. The van der Waals surface area contributed by atoms with Crippen molar-refractivity contribution in [1.29, 1.82) is 0 Å². The first kappa shape index (κ1) is 14.3. The van der Waals surface area contributed by atoms with Crippen LogP contribution in [0, 0.1) is 11.8 Å². The third-order valence-electron chi connectivity index (χ3n) is 3.34. The minimum absolute atomic E-state index is 0.0404. The predicted octanol–water partition coefficient (Wildman–Crippen LogP) is 2.31. The van der Waals surface area contributed by atoms with Gasteiger partial charge in [-0.2, -0.15) is 0 Å². The van der Waals surface area contributed by atoms with Crippen molar-refractivity contribution >= 4 is 6.09 Å². The van der Waals surface area contributed by atoms with E-state index in [1.165, 1.54) is 0 Å². The molecule has 1 aliphatic rings. The van der Waals surface area contributed by atoms with Crippen LogP contribution in [0.4, 0.5) is 4.79 Å².